The normalized spacial score (nSPS) is 16.6. The molecule has 1 fully saturated rings. The molecule has 3 aromatic rings. The van der Waals surface area contributed by atoms with Crippen LogP contribution in [0.4, 0.5) is 5.69 Å². The second kappa shape index (κ2) is 10.6. The first-order chi connectivity index (χ1) is 16.5. The Kier molecular flexibility index (Phi) is 7.41. The number of hydrogen-bond donors (Lipinski definition) is 0. The van der Waals surface area contributed by atoms with Gasteiger partial charge in [-0.05, 0) is 55.2 Å². The topological polar surface area (TPSA) is 74.4 Å². The summed E-state index contributed by atoms with van der Waals surface area (Å²) in [5, 5.41) is 9.03. The first-order valence-electron chi connectivity index (χ1n) is 11.6. The maximum absolute atomic E-state index is 13.3. The van der Waals surface area contributed by atoms with Crippen LogP contribution in [0.5, 0.6) is 0 Å². The Hall–Kier alpha value is -3.47. The van der Waals surface area contributed by atoms with E-state index in [0.29, 0.717) is 38.3 Å². The van der Waals surface area contributed by atoms with Crippen molar-refractivity contribution in [1.82, 2.24) is 14.5 Å². The molecule has 2 heterocycles. The molecule has 0 bridgehead atoms. The summed E-state index contributed by atoms with van der Waals surface area (Å²) < 4.78 is 7.50. The highest BCUT2D eigenvalue weighted by atomic mass is 16.5. The highest BCUT2D eigenvalue weighted by molar-refractivity contribution is 5.96. The number of imidazole rings is 1. The molecule has 0 N–H and O–H groups in total. The van der Waals surface area contributed by atoms with Crippen LogP contribution in [0.2, 0.25) is 0 Å². The van der Waals surface area contributed by atoms with E-state index in [1.54, 1.807) is 7.11 Å². The molecule has 1 aromatic heterocycles. The van der Waals surface area contributed by atoms with Crippen LogP contribution in [-0.4, -0.2) is 53.2 Å². The molecule has 7 heteroatoms. The van der Waals surface area contributed by atoms with E-state index in [9.17, 15) is 4.79 Å². The number of methoxy groups -OCH3 is 1. The first-order valence-corrected chi connectivity index (χ1v) is 11.6. The molecule has 1 unspecified atom stereocenters. The molecular formula is C27H31N5O2. The summed E-state index contributed by atoms with van der Waals surface area (Å²) in [7, 11) is 1.72. The van der Waals surface area contributed by atoms with Crippen molar-refractivity contribution in [2.75, 3.05) is 31.7 Å². The van der Waals surface area contributed by atoms with Gasteiger partial charge in [-0.3, -0.25) is 9.69 Å². The van der Waals surface area contributed by atoms with E-state index in [-0.39, 0.29) is 11.9 Å². The van der Waals surface area contributed by atoms with E-state index in [4.69, 9.17) is 10.00 Å². The predicted octanol–water partition coefficient (Wildman–Crippen LogP) is 3.67. The van der Waals surface area contributed by atoms with Crippen LogP contribution >= 0.6 is 0 Å². The third-order valence-electron chi connectivity index (χ3n) is 6.67. The molecule has 1 amide bonds. The molecule has 7 nitrogen and oxygen atoms in total. The Bertz CT molecular complexity index is 1180. The Morgan fingerprint density at radius 3 is 2.68 bits per heavy atom. The molecule has 0 spiro atoms. The highest BCUT2D eigenvalue weighted by Crippen LogP contribution is 2.27. The summed E-state index contributed by atoms with van der Waals surface area (Å²) in [6, 6.07) is 16.1. The second-order valence-electron chi connectivity index (χ2n) is 8.89. The van der Waals surface area contributed by atoms with Crippen molar-refractivity contribution in [2.45, 2.75) is 39.4 Å². The zero-order chi connectivity index (χ0) is 24.1. The molecule has 34 heavy (non-hydrogen) atoms. The van der Waals surface area contributed by atoms with E-state index in [1.165, 1.54) is 5.56 Å². The van der Waals surface area contributed by atoms with E-state index < -0.39 is 0 Å². The van der Waals surface area contributed by atoms with Crippen LogP contribution in [0, 0.1) is 25.2 Å². The molecule has 0 saturated carbocycles. The fourth-order valence-electron chi connectivity index (χ4n) is 4.50. The lowest BCUT2D eigenvalue weighted by Crippen LogP contribution is -2.56. The minimum Gasteiger partial charge on any atom is -0.385 e. The number of nitriles is 1. The summed E-state index contributed by atoms with van der Waals surface area (Å²) in [5.41, 5.74) is 6.14. The zero-order valence-corrected chi connectivity index (χ0v) is 20.1. The fourth-order valence-corrected chi connectivity index (χ4v) is 4.50. The second-order valence-corrected chi connectivity index (χ2v) is 8.89. The van der Waals surface area contributed by atoms with Crippen LogP contribution < -0.4 is 4.90 Å². The molecule has 1 aliphatic rings. The minimum atomic E-state index is 0.112. The number of amides is 1. The lowest BCUT2D eigenvalue weighted by Gasteiger charge is -2.41. The number of piperazine rings is 1. The Morgan fingerprint density at radius 1 is 1.15 bits per heavy atom. The van der Waals surface area contributed by atoms with E-state index in [1.807, 2.05) is 53.8 Å². The minimum absolute atomic E-state index is 0.112. The van der Waals surface area contributed by atoms with E-state index in [0.717, 1.165) is 28.9 Å². The third kappa shape index (κ3) is 5.19. The number of nitrogens with zero attached hydrogens (tertiary/aromatic N) is 5. The average Bonchev–Trinajstić information content (AvgIpc) is 3.27. The van der Waals surface area contributed by atoms with Crippen molar-refractivity contribution < 1.29 is 9.53 Å². The maximum Gasteiger partial charge on any atom is 0.241 e. The summed E-state index contributed by atoms with van der Waals surface area (Å²) >= 11 is 0. The number of ether oxygens (including phenoxy) is 1. The lowest BCUT2D eigenvalue weighted by atomic mass is 10.0. The predicted molar refractivity (Wildman–Crippen MR) is 131 cm³/mol. The molecule has 1 saturated heterocycles. The highest BCUT2D eigenvalue weighted by Gasteiger charge is 2.33. The van der Waals surface area contributed by atoms with Gasteiger partial charge >= 0.3 is 0 Å². The van der Waals surface area contributed by atoms with Gasteiger partial charge in [-0.1, -0.05) is 24.3 Å². The molecular weight excluding hydrogens is 426 g/mol. The Labute approximate surface area is 201 Å². The van der Waals surface area contributed by atoms with Crippen molar-refractivity contribution in [3.8, 4) is 6.07 Å². The van der Waals surface area contributed by atoms with Gasteiger partial charge in [0.1, 0.15) is 0 Å². The molecule has 1 atom stereocenters. The van der Waals surface area contributed by atoms with Crippen molar-refractivity contribution in [2.24, 2.45) is 0 Å². The molecule has 1 aliphatic heterocycles. The first kappa shape index (κ1) is 23.7. The maximum atomic E-state index is 13.3. The molecule has 0 aliphatic carbocycles. The standard InChI is InChI=1S/C27H31N5O2/c1-20-5-4-6-26(21(20)2)32-17-24(11-12-34-3)30(18-27(32)33)16-25-14-29-19-31(25)15-23-9-7-22(13-28)8-10-23/h4-10,14,19,24H,11-12,15-18H2,1-3H3. The van der Waals surface area contributed by atoms with Crippen LogP contribution in [0.25, 0.3) is 0 Å². The number of aryl methyl sites for hydroxylation is 1. The van der Waals surface area contributed by atoms with Gasteiger partial charge in [0.15, 0.2) is 0 Å². The number of aromatic nitrogens is 2. The van der Waals surface area contributed by atoms with Crippen molar-refractivity contribution in [3.63, 3.8) is 0 Å². The van der Waals surface area contributed by atoms with Gasteiger partial charge in [0, 0.05) is 51.3 Å². The van der Waals surface area contributed by atoms with Crippen molar-refractivity contribution in [3.05, 3.63) is 82.9 Å². The molecule has 176 valence electrons. The van der Waals surface area contributed by atoms with Gasteiger partial charge in [0.25, 0.3) is 0 Å². The number of carbonyl (C=O) groups excluding carboxylic acids is 1. The van der Waals surface area contributed by atoms with Gasteiger partial charge < -0.3 is 14.2 Å². The van der Waals surface area contributed by atoms with Crippen LogP contribution in [0.1, 0.15) is 34.4 Å². The monoisotopic (exact) mass is 457 g/mol. The van der Waals surface area contributed by atoms with Crippen molar-refractivity contribution in [1.29, 1.82) is 5.26 Å². The van der Waals surface area contributed by atoms with Gasteiger partial charge in [0.05, 0.1) is 30.2 Å². The van der Waals surface area contributed by atoms with Crippen molar-refractivity contribution >= 4 is 11.6 Å². The zero-order valence-electron chi connectivity index (χ0n) is 20.1. The van der Waals surface area contributed by atoms with Crippen LogP contribution in [0.15, 0.2) is 55.0 Å². The Morgan fingerprint density at radius 2 is 1.94 bits per heavy atom. The lowest BCUT2D eigenvalue weighted by molar-refractivity contribution is -0.123. The summed E-state index contributed by atoms with van der Waals surface area (Å²) in [6.45, 7) is 7.09. The van der Waals surface area contributed by atoms with Gasteiger partial charge in [-0.25, -0.2) is 4.98 Å². The number of anilines is 1. The number of hydrogen-bond acceptors (Lipinski definition) is 5. The molecule has 0 radical (unpaired) electrons. The smallest absolute Gasteiger partial charge is 0.241 e. The van der Waals surface area contributed by atoms with Crippen LogP contribution in [-0.2, 0) is 22.6 Å². The largest absolute Gasteiger partial charge is 0.385 e. The fraction of sp³-hybridized carbons (Fsp3) is 0.370. The summed E-state index contributed by atoms with van der Waals surface area (Å²) in [5.74, 6) is 0.112. The average molecular weight is 458 g/mol. The SMILES string of the molecule is COCCC1CN(c2cccc(C)c2C)C(=O)CN1Cc1cncn1Cc1ccc(C#N)cc1. The van der Waals surface area contributed by atoms with E-state index in [2.05, 4.69) is 40.4 Å². The molecule has 2 aromatic carbocycles. The number of benzene rings is 2. The number of carbonyl (C=O) groups is 1. The Balaban J connectivity index is 1.52. The number of rotatable bonds is 8. The van der Waals surface area contributed by atoms with Crippen LogP contribution in [0.3, 0.4) is 0 Å². The summed E-state index contributed by atoms with van der Waals surface area (Å²) in [4.78, 5) is 21.8. The van der Waals surface area contributed by atoms with Gasteiger partial charge in [-0.15, -0.1) is 0 Å². The molecule has 4 rings (SSSR count). The third-order valence-corrected chi connectivity index (χ3v) is 6.67. The van der Waals surface area contributed by atoms with Gasteiger partial charge in [0.2, 0.25) is 5.91 Å². The quantitative estimate of drug-likeness (QED) is 0.516. The van der Waals surface area contributed by atoms with E-state index >= 15 is 0 Å². The summed E-state index contributed by atoms with van der Waals surface area (Å²) in [6.07, 6.45) is 4.54. The van der Waals surface area contributed by atoms with Gasteiger partial charge in [-0.2, -0.15) is 5.26 Å².